The molecule has 2 aliphatic heterocycles. The Kier molecular flexibility index (Phi) is 5.56. The van der Waals surface area contributed by atoms with Gasteiger partial charge in [0.2, 0.25) is 5.91 Å². The lowest BCUT2D eigenvalue weighted by Crippen LogP contribution is -2.42. The van der Waals surface area contributed by atoms with E-state index >= 15 is 0 Å². The van der Waals surface area contributed by atoms with E-state index in [9.17, 15) is 19.2 Å². The zero-order chi connectivity index (χ0) is 22.9. The molecule has 1 saturated heterocycles. The fourth-order valence-electron chi connectivity index (χ4n) is 3.67. The number of ketones is 1. The summed E-state index contributed by atoms with van der Waals surface area (Å²) in [6.45, 7) is 3.58. The number of ether oxygens (including phenoxy) is 2. The second-order valence-corrected chi connectivity index (χ2v) is 7.84. The molecule has 2 heterocycles. The topological polar surface area (TPSA) is 114 Å². The van der Waals surface area contributed by atoms with Crippen molar-refractivity contribution in [1.82, 2.24) is 10.2 Å². The van der Waals surface area contributed by atoms with Gasteiger partial charge in [-0.25, -0.2) is 4.79 Å². The molecule has 2 N–H and O–H groups in total. The van der Waals surface area contributed by atoms with Crippen LogP contribution in [0.25, 0.3) is 0 Å². The molecule has 0 aliphatic carbocycles. The number of carbonyl (C=O) groups excluding carboxylic acids is 4. The largest absolute Gasteiger partial charge is 0.490 e. The highest BCUT2D eigenvalue weighted by Gasteiger charge is 2.49. The summed E-state index contributed by atoms with van der Waals surface area (Å²) >= 11 is 0. The number of fused-ring (bicyclic) bond motifs is 1. The van der Waals surface area contributed by atoms with Crippen molar-refractivity contribution >= 4 is 29.3 Å². The van der Waals surface area contributed by atoms with Gasteiger partial charge in [-0.2, -0.15) is 0 Å². The molecule has 0 spiro atoms. The molecule has 4 amide bonds. The van der Waals surface area contributed by atoms with Crippen LogP contribution in [0.1, 0.15) is 36.2 Å². The van der Waals surface area contributed by atoms with Crippen molar-refractivity contribution in [2.45, 2.75) is 25.8 Å². The zero-order valence-electron chi connectivity index (χ0n) is 17.8. The lowest BCUT2D eigenvalue weighted by atomic mass is 9.91. The zero-order valence-corrected chi connectivity index (χ0v) is 17.8. The molecule has 32 heavy (non-hydrogen) atoms. The number of urea groups is 1. The van der Waals surface area contributed by atoms with Crippen molar-refractivity contribution in [1.29, 1.82) is 0 Å². The van der Waals surface area contributed by atoms with E-state index in [1.54, 1.807) is 43.3 Å². The van der Waals surface area contributed by atoms with Crippen molar-refractivity contribution in [3.05, 3.63) is 53.6 Å². The lowest BCUT2D eigenvalue weighted by Gasteiger charge is -2.23. The highest BCUT2D eigenvalue weighted by atomic mass is 16.5. The van der Waals surface area contributed by atoms with Crippen molar-refractivity contribution in [2.24, 2.45) is 0 Å². The van der Waals surface area contributed by atoms with Gasteiger partial charge in [0.05, 0.1) is 13.2 Å². The van der Waals surface area contributed by atoms with E-state index < -0.39 is 29.9 Å². The first-order valence-corrected chi connectivity index (χ1v) is 10.2. The Morgan fingerprint density at radius 3 is 2.59 bits per heavy atom. The molecule has 2 aliphatic rings. The average Bonchev–Trinajstić information content (AvgIpc) is 2.93. The molecule has 166 valence electrons. The van der Waals surface area contributed by atoms with Crippen molar-refractivity contribution in [3.63, 3.8) is 0 Å². The van der Waals surface area contributed by atoms with Gasteiger partial charge in [-0.15, -0.1) is 0 Å². The second kappa shape index (κ2) is 8.33. The van der Waals surface area contributed by atoms with E-state index in [1.165, 1.54) is 13.0 Å². The van der Waals surface area contributed by atoms with Gasteiger partial charge in [0, 0.05) is 17.7 Å². The van der Waals surface area contributed by atoms with Crippen molar-refractivity contribution in [2.75, 3.05) is 25.1 Å². The van der Waals surface area contributed by atoms with Crippen LogP contribution in [0.2, 0.25) is 0 Å². The Hall–Kier alpha value is -3.88. The second-order valence-electron chi connectivity index (χ2n) is 7.84. The van der Waals surface area contributed by atoms with Crippen LogP contribution in [0.5, 0.6) is 11.5 Å². The first-order chi connectivity index (χ1) is 15.3. The number of anilines is 1. The lowest BCUT2D eigenvalue weighted by molar-refractivity contribution is -0.133. The molecule has 0 bridgehead atoms. The molecule has 0 radical (unpaired) electrons. The molecule has 1 fully saturated rings. The van der Waals surface area contributed by atoms with E-state index in [0.29, 0.717) is 41.5 Å². The Morgan fingerprint density at radius 1 is 1.09 bits per heavy atom. The Bertz CT molecular complexity index is 1110. The maximum Gasteiger partial charge on any atom is 0.325 e. The van der Waals surface area contributed by atoms with Crippen LogP contribution in [-0.4, -0.2) is 48.3 Å². The minimum absolute atomic E-state index is 0.138. The number of Topliss-reactive ketones (excluding diaryl/α,β-unsaturated/α-hetero) is 1. The minimum atomic E-state index is -1.35. The first kappa shape index (κ1) is 21.4. The van der Waals surface area contributed by atoms with E-state index in [1.807, 2.05) is 0 Å². The number of benzene rings is 2. The van der Waals surface area contributed by atoms with Crippen LogP contribution in [0.15, 0.2) is 42.5 Å². The fourth-order valence-corrected chi connectivity index (χ4v) is 3.67. The third-order valence-electron chi connectivity index (χ3n) is 5.45. The van der Waals surface area contributed by atoms with Crippen LogP contribution < -0.4 is 20.1 Å². The number of carbonyl (C=O) groups is 4. The molecule has 2 aromatic rings. The van der Waals surface area contributed by atoms with Crippen LogP contribution in [-0.2, 0) is 15.1 Å². The molecule has 1 atom stereocenters. The molecule has 0 unspecified atom stereocenters. The summed E-state index contributed by atoms with van der Waals surface area (Å²) in [5, 5.41) is 5.30. The molecular weight excluding hydrogens is 414 g/mol. The average molecular weight is 437 g/mol. The van der Waals surface area contributed by atoms with Gasteiger partial charge in [0.1, 0.15) is 12.1 Å². The van der Waals surface area contributed by atoms with Gasteiger partial charge >= 0.3 is 6.03 Å². The van der Waals surface area contributed by atoms with Gasteiger partial charge in [0.25, 0.3) is 5.91 Å². The summed E-state index contributed by atoms with van der Waals surface area (Å²) in [5.41, 5.74) is 0.0220. The predicted octanol–water partition coefficient (Wildman–Crippen LogP) is 2.46. The van der Waals surface area contributed by atoms with Crippen LogP contribution in [0.3, 0.4) is 0 Å². The quantitative estimate of drug-likeness (QED) is 0.549. The number of rotatable bonds is 5. The number of amides is 4. The van der Waals surface area contributed by atoms with E-state index in [4.69, 9.17) is 9.47 Å². The van der Waals surface area contributed by atoms with E-state index in [2.05, 4.69) is 10.6 Å². The molecule has 9 heteroatoms. The van der Waals surface area contributed by atoms with Crippen LogP contribution >= 0.6 is 0 Å². The smallest absolute Gasteiger partial charge is 0.325 e. The van der Waals surface area contributed by atoms with Crippen LogP contribution in [0, 0.1) is 0 Å². The summed E-state index contributed by atoms with van der Waals surface area (Å²) in [6.07, 6.45) is 0.745. The maximum atomic E-state index is 13.2. The predicted molar refractivity (Wildman–Crippen MR) is 115 cm³/mol. The molecule has 0 aromatic heterocycles. The molecule has 2 aromatic carbocycles. The molecule has 0 saturated carbocycles. The minimum Gasteiger partial charge on any atom is -0.490 e. The Labute approximate surface area is 184 Å². The molecule has 4 rings (SSSR count). The standard InChI is InChI=1S/C23H23N3O6/c1-14(27)15-5-3-6-17(11-15)24-20(28)13-26-21(29)23(2,25-22(26)30)16-7-8-18-19(12-16)32-10-4-9-31-18/h3,5-8,11-12H,4,9-10,13H2,1-2H3,(H,24,28)(H,25,30)/t23-/m0/s1. The maximum absolute atomic E-state index is 13.2. The molecular formula is C23H23N3O6. The van der Waals surface area contributed by atoms with Gasteiger partial charge in [-0.1, -0.05) is 18.2 Å². The SMILES string of the molecule is CC(=O)c1cccc(NC(=O)CN2C(=O)N[C@@](C)(c3ccc4c(c3)OCCCO4)C2=O)c1. The highest BCUT2D eigenvalue weighted by Crippen LogP contribution is 2.36. The van der Waals surface area contributed by atoms with Gasteiger partial charge in [-0.05, 0) is 43.7 Å². The number of hydrogen-bond donors (Lipinski definition) is 2. The van der Waals surface area contributed by atoms with Crippen molar-refractivity contribution in [3.8, 4) is 11.5 Å². The van der Waals surface area contributed by atoms with Gasteiger partial charge in [-0.3, -0.25) is 19.3 Å². The molecule has 9 nitrogen and oxygen atoms in total. The monoisotopic (exact) mass is 437 g/mol. The number of nitrogens with one attached hydrogen (secondary N) is 2. The van der Waals surface area contributed by atoms with Crippen molar-refractivity contribution < 1.29 is 28.7 Å². The third kappa shape index (κ3) is 4.01. The van der Waals surface area contributed by atoms with Gasteiger partial charge in [0.15, 0.2) is 17.3 Å². The van der Waals surface area contributed by atoms with E-state index in [0.717, 1.165) is 11.3 Å². The summed E-state index contributed by atoms with van der Waals surface area (Å²) in [7, 11) is 0. The number of nitrogens with zero attached hydrogens (tertiary/aromatic N) is 1. The fraction of sp³-hybridized carbons (Fsp3) is 0.304. The summed E-state index contributed by atoms with van der Waals surface area (Å²) in [6, 6.07) is 10.8. The Morgan fingerprint density at radius 2 is 1.84 bits per heavy atom. The van der Waals surface area contributed by atoms with Gasteiger partial charge < -0.3 is 20.1 Å². The normalized spacial score (nSPS) is 19.9. The van der Waals surface area contributed by atoms with E-state index in [-0.39, 0.29) is 5.78 Å². The third-order valence-corrected chi connectivity index (χ3v) is 5.45. The van der Waals surface area contributed by atoms with Crippen LogP contribution in [0.4, 0.5) is 10.5 Å². The first-order valence-electron chi connectivity index (χ1n) is 10.2. The summed E-state index contributed by atoms with van der Waals surface area (Å²) < 4.78 is 11.3. The summed E-state index contributed by atoms with van der Waals surface area (Å²) in [5.74, 6) is -0.164. The number of hydrogen-bond acceptors (Lipinski definition) is 6. The Balaban J connectivity index is 1.50. The highest BCUT2D eigenvalue weighted by molar-refractivity contribution is 6.10. The summed E-state index contributed by atoms with van der Waals surface area (Å²) in [4.78, 5) is 50.6. The number of imide groups is 1.